The Kier molecular flexibility index (Phi) is 7.57. The normalized spacial score (nSPS) is 13.4. The smallest absolute Gasteiger partial charge is 0.338 e. The van der Waals surface area contributed by atoms with Gasteiger partial charge in [0.15, 0.2) is 0 Å². The topological polar surface area (TPSA) is 145 Å². The van der Waals surface area contributed by atoms with Crippen molar-refractivity contribution < 1.29 is 38.2 Å². The maximum atomic E-state index is 12.9. The first kappa shape index (κ1) is 27.2. The summed E-state index contributed by atoms with van der Waals surface area (Å²) in [5, 5.41) is 4.47. The van der Waals surface area contributed by atoms with Gasteiger partial charge in [-0.2, -0.15) is 0 Å². The quantitative estimate of drug-likeness (QED) is 0.271. The molecule has 10 nitrogen and oxygen atoms in total. The lowest BCUT2D eigenvalue weighted by molar-refractivity contribution is 0.0530. The second-order valence-electron chi connectivity index (χ2n) is 9.52. The van der Waals surface area contributed by atoms with E-state index in [0.717, 1.165) is 0 Å². The van der Waals surface area contributed by atoms with Crippen LogP contribution in [0.3, 0.4) is 0 Å². The van der Waals surface area contributed by atoms with Gasteiger partial charge >= 0.3 is 11.9 Å². The maximum absolute atomic E-state index is 12.9. The Hall–Kier alpha value is -4.86. The fraction of sp³-hybridized carbons (Fsp3) is 0.241. The van der Waals surface area contributed by atoms with Crippen molar-refractivity contribution in [2.24, 2.45) is 0 Å². The third kappa shape index (κ3) is 5.40. The lowest BCUT2D eigenvalue weighted by Crippen LogP contribution is -2.21. The number of rotatable bonds is 10. The summed E-state index contributed by atoms with van der Waals surface area (Å²) in [7, 11) is 0. The molecular formula is C29H26N2O8. The lowest BCUT2D eigenvalue weighted by atomic mass is 9.89. The number of carbonyl (C=O) groups is 6. The number of benzene rings is 2. The summed E-state index contributed by atoms with van der Waals surface area (Å²) in [6, 6.07) is 5.65. The number of fused-ring (bicyclic) bond motifs is 2. The van der Waals surface area contributed by atoms with Gasteiger partial charge in [-0.1, -0.05) is 13.2 Å². The zero-order valence-electron chi connectivity index (χ0n) is 21.5. The number of imide groups is 2. The molecule has 39 heavy (non-hydrogen) atoms. The van der Waals surface area contributed by atoms with E-state index in [0.29, 0.717) is 22.3 Å². The molecule has 2 aliphatic rings. The number of ether oxygens (including phenoxy) is 2. The highest BCUT2D eigenvalue weighted by molar-refractivity contribution is 6.23. The van der Waals surface area contributed by atoms with Gasteiger partial charge in [0.25, 0.3) is 23.6 Å². The largest absolute Gasteiger partial charge is 0.458 e. The van der Waals surface area contributed by atoms with Crippen molar-refractivity contribution in [3.8, 4) is 0 Å². The molecule has 0 aromatic heterocycles. The molecule has 0 saturated heterocycles. The van der Waals surface area contributed by atoms with Gasteiger partial charge < -0.3 is 9.47 Å². The van der Waals surface area contributed by atoms with E-state index in [1.54, 1.807) is 13.8 Å². The van der Waals surface area contributed by atoms with Crippen molar-refractivity contribution >= 4 is 35.6 Å². The summed E-state index contributed by atoms with van der Waals surface area (Å²) in [5.41, 5.74) is 2.53. The van der Waals surface area contributed by atoms with Crippen LogP contribution in [0.2, 0.25) is 0 Å². The number of nitrogens with one attached hydrogen (secondary N) is 2. The Bertz CT molecular complexity index is 1390. The van der Waals surface area contributed by atoms with Crippen molar-refractivity contribution in [1.82, 2.24) is 10.6 Å². The minimum absolute atomic E-state index is 0.0184. The summed E-state index contributed by atoms with van der Waals surface area (Å²) >= 11 is 0. The van der Waals surface area contributed by atoms with Gasteiger partial charge in [-0.3, -0.25) is 29.8 Å². The molecule has 0 unspecified atom stereocenters. The Morgan fingerprint density at radius 1 is 0.667 bits per heavy atom. The summed E-state index contributed by atoms with van der Waals surface area (Å²) in [4.78, 5) is 75.4. The molecule has 200 valence electrons. The van der Waals surface area contributed by atoms with E-state index in [9.17, 15) is 28.8 Å². The zero-order chi connectivity index (χ0) is 28.4. The molecule has 0 fully saturated rings. The van der Waals surface area contributed by atoms with E-state index in [1.807, 2.05) is 0 Å². The number of hydrogen-bond acceptors (Lipinski definition) is 8. The predicted molar refractivity (Wildman–Crippen MR) is 139 cm³/mol. The Balaban J connectivity index is 1.69. The molecule has 4 rings (SSSR count). The molecule has 0 radical (unpaired) electrons. The summed E-state index contributed by atoms with van der Waals surface area (Å²) in [6.45, 7) is 10.8. The molecule has 2 aromatic rings. The molecule has 2 heterocycles. The number of esters is 2. The van der Waals surface area contributed by atoms with Crippen LogP contribution < -0.4 is 10.6 Å². The third-order valence-corrected chi connectivity index (χ3v) is 6.22. The van der Waals surface area contributed by atoms with Crippen LogP contribution in [0.25, 0.3) is 0 Å². The van der Waals surface area contributed by atoms with Crippen molar-refractivity contribution in [2.45, 2.75) is 33.1 Å². The van der Waals surface area contributed by atoms with Gasteiger partial charge in [0.05, 0.1) is 33.4 Å². The molecule has 0 spiro atoms. The number of hydrogen-bond donors (Lipinski definition) is 2. The Labute approximate surface area is 224 Å². The van der Waals surface area contributed by atoms with Crippen molar-refractivity contribution in [2.75, 3.05) is 13.2 Å². The minimum Gasteiger partial charge on any atom is -0.458 e. The molecule has 0 saturated carbocycles. The van der Waals surface area contributed by atoms with Crippen molar-refractivity contribution in [3.63, 3.8) is 0 Å². The van der Waals surface area contributed by atoms with Gasteiger partial charge in [0, 0.05) is 0 Å². The minimum atomic E-state index is -0.683. The summed E-state index contributed by atoms with van der Waals surface area (Å²) < 4.78 is 10.6. The van der Waals surface area contributed by atoms with Crippen LogP contribution in [-0.2, 0) is 22.3 Å². The number of amides is 4. The van der Waals surface area contributed by atoms with Gasteiger partial charge in [-0.25, -0.2) is 9.59 Å². The Morgan fingerprint density at radius 2 is 1.05 bits per heavy atom. The molecule has 0 bridgehead atoms. The molecular weight excluding hydrogens is 504 g/mol. The second kappa shape index (κ2) is 10.9. The Morgan fingerprint density at radius 3 is 1.41 bits per heavy atom. The van der Waals surface area contributed by atoms with Gasteiger partial charge in [0.2, 0.25) is 0 Å². The van der Waals surface area contributed by atoms with E-state index < -0.39 is 35.6 Å². The zero-order valence-corrected chi connectivity index (χ0v) is 21.5. The molecule has 2 aromatic carbocycles. The monoisotopic (exact) mass is 530 g/mol. The molecule has 2 aliphatic heterocycles. The fourth-order valence-corrected chi connectivity index (χ4v) is 4.54. The second-order valence-corrected chi connectivity index (χ2v) is 9.52. The SMILES string of the molecule is C=C(C)COC(=O)c1ccc2c(c1CCCc1c(C(=O)OCC(=C)C)ccc3c1C(=O)NC3=O)C(=O)NC2=O. The van der Waals surface area contributed by atoms with E-state index >= 15 is 0 Å². The maximum Gasteiger partial charge on any atom is 0.338 e. The van der Waals surface area contributed by atoms with E-state index in [-0.39, 0.29) is 65.9 Å². The average Bonchev–Trinajstić information content (AvgIpc) is 3.34. The molecule has 10 heteroatoms. The van der Waals surface area contributed by atoms with E-state index in [2.05, 4.69) is 23.8 Å². The lowest BCUT2D eigenvalue weighted by Gasteiger charge is -2.15. The van der Waals surface area contributed by atoms with Crippen LogP contribution >= 0.6 is 0 Å². The fourth-order valence-electron chi connectivity index (χ4n) is 4.54. The predicted octanol–water partition coefficient (Wildman–Crippen LogP) is 3.09. The molecule has 0 atom stereocenters. The highest BCUT2D eigenvalue weighted by Crippen LogP contribution is 2.29. The first-order valence-corrected chi connectivity index (χ1v) is 12.2. The summed E-state index contributed by atoms with van der Waals surface area (Å²) in [5.74, 6) is -3.77. The van der Waals surface area contributed by atoms with Crippen LogP contribution in [-0.4, -0.2) is 48.8 Å². The van der Waals surface area contributed by atoms with Crippen LogP contribution in [0.15, 0.2) is 48.6 Å². The number of carbonyl (C=O) groups excluding carboxylic acids is 6. The van der Waals surface area contributed by atoms with Gasteiger partial charge in [-0.15, -0.1) is 0 Å². The average molecular weight is 531 g/mol. The first-order chi connectivity index (χ1) is 18.5. The molecule has 2 N–H and O–H groups in total. The summed E-state index contributed by atoms with van der Waals surface area (Å²) in [6.07, 6.45) is 0.499. The van der Waals surface area contributed by atoms with Crippen LogP contribution in [0.4, 0.5) is 0 Å². The van der Waals surface area contributed by atoms with Crippen molar-refractivity contribution in [1.29, 1.82) is 0 Å². The van der Waals surface area contributed by atoms with Gasteiger partial charge in [0.1, 0.15) is 13.2 Å². The van der Waals surface area contributed by atoms with Crippen LogP contribution in [0.5, 0.6) is 0 Å². The van der Waals surface area contributed by atoms with E-state index in [1.165, 1.54) is 24.3 Å². The third-order valence-electron chi connectivity index (χ3n) is 6.22. The molecule has 4 amide bonds. The van der Waals surface area contributed by atoms with Crippen molar-refractivity contribution in [3.05, 3.63) is 93.1 Å². The highest BCUT2D eigenvalue weighted by Gasteiger charge is 2.34. The van der Waals surface area contributed by atoms with E-state index in [4.69, 9.17) is 9.47 Å². The van der Waals surface area contributed by atoms with Gasteiger partial charge in [-0.05, 0) is 79.6 Å². The molecule has 0 aliphatic carbocycles. The first-order valence-electron chi connectivity index (χ1n) is 12.2. The van der Waals surface area contributed by atoms with Crippen LogP contribution in [0.1, 0.15) is 93.5 Å². The highest BCUT2D eigenvalue weighted by atomic mass is 16.5. The standard InChI is InChI=1S/C29H26N2O8/c1-14(2)12-38-28(36)18-8-10-20-22(26(34)30-24(20)32)16(18)6-5-7-17-19(29(37)39-13-15(3)4)9-11-21-23(17)27(35)31-25(21)33/h8-11H,1,3,5-7,12-13H2,2,4H3,(H,30,32,34)(H,31,33,35). The van der Waals surface area contributed by atoms with Crippen LogP contribution in [0, 0.1) is 0 Å².